The van der Waals surface area contributed by atoms with Crippen molar-refractivity contribution in [2.75, 3.05) is 19.6 Å². The van der Waals surface area contributed by atoms with E-state index in [1.807, 2.05) is 0 Å². The molecule has 1 heterocycles. The third-order valence-corrected chi connectivity index (χ3v) is 5.82. The Kier molecular flexibility index (Phi) is 15.7. The zero-order valence-electron chi connectivity index (χ0n) is 18.4. The molecule has 0 amide bonds. The summed E-state index contributed by atoms with van der Waals surface area (Å²) >= 11 is 0. The Labute approximate surface area is 165 Å². The number of nitrogens with zero attached hydrogens (tertiary/aromatic N) is 1. The smallest absolute Gasteiger partial charge is 0.0678 e. The normalized spacial score (nSPS) is 21.3. The second kappa shape index (κ2) is 17.0. The van der Waals surface area contributed by atoms with Gasteiger partial charge in [0.2, 0.25) is 0 Å². The van der Waals surface area contributed by atoms with Crippen LogP contribution in [0.2, 0.25) is 0 Å². The molecule has 0 spiro atoms. The molecule has 0 saturated carbocycles. The average Bonchev–Trinajstić information content (AvgIpc) is 2.60. The standard InChI is InChI=1S/C24H49NO/c1-4-5-6-7-8-9-10-11-12-13-14-15-16-17-18-19-20-25-21-23(2)26-24(3)22-25/h23-24H,4-22H2,1-3H3. The molecule has 0 aliphatic carbocycles. The highest BCUT2D eigenvalue weighted by atomic mass is 16.5. The number of rotatable bonds is 17. The lowest BCUT2D eigenvalue weighted by atomic mass is 10.0. The zero-order chi connectivity index (χ0) is 18.9. The van der Waals surface area contributed by atoms with Crippen molar-refractivity contribution in [3.05, 3.63) is 0 Å². The monoisotopic (exact) mass is 367 g/mol. The second-order valence-corrected chi connectivity index (χ2v) is 8.82. The van der Waals surface area contributed by atoms with Gasteiger partial charge in [-0.15, -0.1) is 0 Å². The van der Waals surface area contributed by atoms with Gasteiger partial charge in [0.05, 0.1) is 12.2 Å². The molecule has 2 atom stereocenters. The van der Waals surface area contributed by atoms with Crippen LogP contribution in [0.3, 0.4) is 0 Å². The quantitative estimate of drug-likeness (QED) is 0.249. The number of hydrogen-bond acceptors (Lipinski definition) is 2. The van der Waals surface area contributed by atoms with E-state index in [0.717, 1.165) is 13.1 Å². The maximum atomic E-state index is 5.81. The molecule has 0 radical (unpaired) electrons. The van der Waals surface area contributed by atoms with Gasteiger partial charge in [-0.1, -0.05) is 103 Å². The van der Waals surface area contributed by atoms with E-state index >= 15 is 0 Å². The lowest BCUT2D eigenvalue weighted by molar-refractivity contribution is -0.0681. The first-order chi connectivity index (χ1) is 12.7. The Bertz CT molecular complexity index is 284. The summed E-state index contributed by atoms with van der Waals surface area (Å²) in [6.07, 6.45) is 24.0. The number of hydrogen-bond donors (Lipinski definition) is 0. The summed E-state index contributed by atoms with van der Waals surface area (Å²) in [5, 5.41) is 0. The second-order valence-electron chi connectivity index (χ2n) is 8.82. The SMILES string of the molecule is CCCCCCCCCCCCCCCCCCN1CC(C)OC(C)C1. The number of ether oxygens (including phenoxy) is 1. The highest BCUT2D eigenvalue weighted by Gasteiger charge is 2.21. The van der Waals surface area contributed by atoms with Gasteiger partial charge in [0.25, 0.3) is 0 Å². The minimum Gasteiger partial charge on any atom is -0.373 e. The molecule has 2 nitrogen and oxygen atoms in total. The van der Waals surface area contributed by atoms with Gasteiger partial charge >= 0.3 is 0 Å². The summed E-state index contributed by atoms with van der Waals surface area (Å²) in [5.41, 5.74) is 0. The van der Waals surface area contributed by atoms with Gasteiger partial charge in [0.15, 0.2) is 0 Å². The maximum Gasteiger partial charge on any atom is 0.0678 e. The van der Waals surface area contributed by atoms with Gasteiger partial charge in [0, 0.05) is 13.1 Å². The van der Waals surface area contributed by atoms with Crippen molar-refractivity contribution in [3.63, 3.8) is 0 Å². The Morgan fingerprint density at radius 3 is 1.31 bits per heavy atom. The van der Waals surface area contributed by atoms with Gasteiger partial charge in [0.1, 0.15) is 0 Å². The van der Waals surface area contributed by atoms with Gasteiger partial charge in [-0.2, -0.15) is 0 Å². The highest BCUT2D eigenvalue weighted by molar-refractivity contribution is 4.72. The zero-order valence-corrected chi connectivity index (χ0v) is 18.4. The van der Waals surface area contributed by atoms with Crippen molar-refractivity contribution < 1.29 is 4.74 Å². The molecule has 0 aromatic heterocycles. The van der Waals surface area contributed by atoms with E-state index in [9.17, 15) is 0 Å². The largest absolute Gasteiger partial charge is 0.373 e. The molecule has 26 heavy (non-hydrogen) atoms. The van der Waals surface area contributed by atoms with Crippen LogP contribution in [0.1, 0.15) is 124 Å². The van der Waals surface area contributed by atoms with Gasteiger partial charge in [-0.05, 0) is 26.8 Å². The van der Waals surface area contributed by atoms with Crippen molar-refractivity contribution in [1.82, 2.24) is 4.90 Å². The highest BCUT2D eigenvalue weighted by Crippen LogP contribution is 2.15. The van der Waals surface area contributed by atoms with Crippen LogP contribution in [0.25, 0.3) is 0 Å². The van der Waals surface area contributed by atoms with E-state index < -0.39 is 0 Å². The van der Waals surface area contributed by atoms with Crippen LogP contribution in [0, 0.1) is 0 Å². The summed E-state index contributed by atoms with van der Waals surface area (Å²) in [6.45, 7) is 10.2. The molecule has 0 bridgehead atoms. The van der Waals surface area contributed by atoms with E-state index in [1.54, 1.807) is 0 Å². The molecule has 0 N–H and O–H groups in total. The lowest BCUT2D eigenvalue weighted by Crippen LogP contribution is -2.45. The van der Waals surface area contributed by atoms with E-state index in [2.05, 4.69) is 25.7 Å². The molecule has 1 aliphatic rings. The molecule has 2 unspecified atom stereocenters. The fourth-order valence-electron chi connectivity index (χ4n) is 4.35. The van der Waals surface area contributed by atoms with Crippen molar-refractivity contribution in [3.8, 4) is 0 Å². The summed E-state index contributed by atoms with van der Waals surface area (Å²) in [6, 6.07) is 0. The third-order valence-electron chi connectivity index (χ3n) is 5.82. The van der Waals surface area contributed by atoms with E-state index in [-0.39, 0.29) is 0 Å². The Morgan fingerprint density at radius 2 is 0.923 bits per heavy atom. The minimum atomic E-state index is 0.416. The fourth-order valence-corrected chi connectivity index (χ4v) is 4.35. The maximum absolute atomic E-state index is 5.81. The van der Waals surface area contributed by atoms with Crippen LogP contribution in [-0.2, 0) is 4.74 Å². The molecule has 0 aromatic carbocycles. The number of unbranched alkanes of at least 4 members (excludes halogenated alkanes) is 15. The predicted molar refractivity (Wildman–Crippen MR) is 116 cm³/mol. The van der Waals surface area contributed by atoms with Crippen LogP contribution in [0.15, 0.2) is 0 Å². The topological polar surface area (TPSA) is 12.5 Å². The molecular formula is C24H49NO. The van der Waals surface area contributed by atoms with Crippen LogP contribution in [0.4, 0.5) is 0 Å². The molecule has 2 heteroatoms. The Balaban J connectivity index is 1.73. The van der Waals surface area contributed by atoms with Crippen LogP contribution >= 0.6 is 0 Å². The van der Waals surface area contributed by atoms with Crippen LogP contribution in [-0.4, -0.2) is 36.7 Å². The fraction of sp³-hybridized carbons (Fsp3) is 1.00. The van der Waals surface area contributed by atoms with Crippen molar-refractivity contribution in [1.29, 1.82) is 0 Å². The first-order valence-electron chi connectivity index (χ1n) is 12.1. The molecule has 1 fully saturated rings. The minimum absolute atomic E-state index is 0.416. The number of morpholine rings is 1. The summed E-state index contributed by atoms with van der Waals surface area (Å²) in [5.74, 6) is 0. The van der Waals surface area contributed by atoms with E-state index in [0.29, 0.717) is 12.2 Å². The molecule has 1 aliphatic heterocycles. The molecule has 156 valence electrons. The predicted octanol–water partition coefficient (Wildman–Crippen LogP) is 7.36. The van der Waals surface area contributed by atoms with E-state index in [1.165, 1.54) is 109 Å². The van der Waals surface area contributed by atoms with Crippen molar-refractivity contribution >= 4 is 0 Å². The first-order valence-corrected chi connectivity index (χ1v) is 12.1. The molecular weight excluding hydrogens is 318 g/mol. The lowest BCUT2D eigenvalue weighted by Gasteiger charge is -2.35. The van der Waals surface area contributed by atoms with Gasteiger partial charge in [-0.25, -0.2) is 0 Å². The first kappa shape index (κ1) is 24.0. The van der Waals surface area contributed by atoms with Gasteiger partial charge < -0.3 is 4.74 Å². The van der Waals surface area contributed by atoms with Crippen molar-refractivity contribution in [2.45, 2.75) is 136 Å². The van der Waals surface area contributed by atoms with Crippen molar-refractivity contribution in [2.24, 2.45) is 0 Å². The summed E-state index contributed by atoms with van der Waals surface area (Å²) in [4.78, 5) is 2.60. The van der Waals surface area contributed by atoms with Gasteiger partial charge in [-0.3, -0.25) is 4.90 Å². The summed E-state index contributed by atoms with van der Waals surface area (Å²) < 4.78 is 5.81. The van der Waals surface area contributed by atoms with E-state index in [4.69, 9.17) is 4.74 Å². The molecule has 1 rings (SSSR count). The Hall–Kier alpha value is -0.0800. The van der Waals surface area contributed by atoms with Crippen LogP contribution < -0.4 is 0 Å². The third kappa shape index (κ3) is 14.0. The summed E-state index contributed by atoms with van der Waals surface area (Å²) in [7, 11) is 0. The average molecular weight is 368 g/mol. The molecule has 1 saturated heterocycles. The van der Waals surface area contributed by atoms with Crippen LogP contribution in [0.5, 0.6) is 0 Å². The molecule has 0 aromatic rings. The Morgan fingerprint density at radius 1 is 0.577 bits per heavy atom.